The van der Waals surface area contributed by atoms with Crippen LogP contribution in [-0.4, -0.2) is 19.0 Å². The second-order valence-electron chi connectivity index (χ2n) is 5.59. The Bertz CT molecular complexity index is 656. The fourth-order valence-electron chi connectivity index (χ4n) is 2.57. The van der Waals surface area contributed by atoms with E-state index in [2.05, 4.69) is 10.6 Å². The average Bonchev–Trinajstić information content (AvgIpc) is 2.59. The molecule has 0 aromatic heterocycles. The SMILES string of the molecule is Cl.O=C(Nc1ccc(Sc2ccc(Cl)cc2)cc1)C1CCNCC1. The molecule has 0 aliphatic carbocycles. The molecule has 3 rings (SSSR count). The van der Waals surface area contributed by atoms with Gasteiger partial charge in [0.2, 0.25) is 5.91 Å². The molecule has 0 radical (unpaired) electrons. The second kappa shape index (κ2) is 9.33. The zero-order valence-corrected chi connectivity index (χ0v) is 15.5. The van der Waals surface area contributed by atoms with E-state index in [9.17, 15) is 4.79 Å². The zero-order valence-electron chi connectivity index (χ0n) is 13.1. The molecule has 128 valence electrons. The van der Waals surface area contributed by atoms with Crippen molar-refractivity contribution in [2.45, 2.75) is 22.6 Å². The van der Waals surface area contributed by atoms with Crippen molar-refractivity contribution in [3.8, 4) is 0 Å². The number of carbonyl (C=O) groups excluding carboxylic acids is 1. The predicted octanol–water partition coefficient (Wildman–Crippen LogP) is 4.85. The van der Waals surface area contributed by atoms with Gasteiger partial charge < -0.3 is 10.6 Å². The summed E-state index contributed by atoms with van der Waals surface area (Å²) >= 11 is 7.57. The lowest BCUT2D eigenvalue weighted by Gasteiger charge is -2.21. The monoisotopic (exact) mass is 382 g/mol. The molecule has 1 fully saturated rings. The minimum absolute atomic E-state index is 0. The maximum absolute atomic E-state index is 12.2. The number of rotatable bonds is 4. The summed E-state index contributed by atoms with van der Waals surface area (Å²) in [5, 5.41) is 7.03. The molecule has 3 nitrogen and oxygen atoms in total. The fraction of sp³-hybridized carbons (Fsp3) is 0.278. The number of carbonyl (C=O) groups is 1. The van der Waals surface area contributed by atoms with E-state index in [0.717, 1.165) is 46.4 Å². The Kier molecular flexibility index (Phi) is 7.43. The van der Waals surface area contributed by atoms with Gasteiger partial charge >= 0.3 is 0 Å². The van der Waals surface area contributed by atoms with Crippen LogP contribution in [0.3, 0.4) is 0 Å². The summed E-state index contributed by atoms with van der Waals surface area (Å²) in [6.07, 6.45) is 1.83. The molecule has 2 aromatic carbocycles. The van der Waals surface area contributed by atoms with Gasteiger partial charge in [-0.3, -0.25) is 4.79 Å². The van der Waals surface area contributed by atoms with E-state index in [4.69, 9.17) is 11.6 Å². The van der Waals surface area contributed by atoms with Gasteiger partial charge in [0.25, 0.3) is 0 Å². The molecular weight excluding hydrogens is 363 g/mol. The van der Waals surface area contributed by atoms with E-state index in [1.165, 1.54) is 0 Å². The topological polar surface area (TPSA) is 41.1 Å². The molecule has 0 spiro atoms. The summed E-state index contributed by atoms with van der Waals surface area (Å²) in [5.74, 6) is 0.254. The minimum Gasteiger partial charge on any atom is -0.326 e. The Morgan fingerprint density at radius 1 is 1.00 bits per heavy atom. The van der Waals surface area contributed by atoms with Crippen LogP contribution in [0.25, 0.3) is 0 Å². The fourth-order valence-corrected chi connectivity index (χ4v) is 3.52. The first-order valence-corrected chi connectivity index (χ1v) is 8.95. The van der Waals surface area contributed by atoms with Crippen LogP contribution in [0, 0.1) is 5.92 Å². The highest BCUT2D eigenvalue weighted by atomic mass is 35.5. The molecule has 0 atom stereocenters. The number of hydrogen-bond donors (Lipinski definition) is 2. The summed E-state index contributed by atoms with van der Waals surface area (Å²) < 4.78 is 0. The number of nitrogens with one attached hydrogen (secondary N) is 2. The molecule has 2 N–H and O–H groups in total. The van der Waals surface area contributed by atoms with Crippen molar-refractivity contribution < 1.29 is 4.79 Å². The summed E-state index contributed by atoms with van der Waals surface area (Å²) in [4.78, 5) is 14.5. The van der Waals surface area contributed by atoms with E-state index >= 15 is 0 Å². The molecule has 1 aliphatic heterocycles. The molecule has 1 saturated heterocycles. The average molecular weight is 383 g/mol. The third kappa shape index (κ3) is 5.42. The quantitative estimate of drug-likeness (QED) is 0.793. The van der Waals surface area contributed by atoms with Gasteiger partial charge in [0, 0.05) is 26.4 Å². The highest BCUT2D eigenvalue weighted by molar-refractivity contribution is 7.99. The van der Waals surface area contributed by atoms with Gasteiger partial charge in [0.05, 0.1) is 0 Å². The highest BCUT2D eigenvalue weighted by Gasteiger charge is 2.20. The Morgan fingerprint density at radius 2 is 1.54 bits per heavy atom. The van der Waals surface area contributed by atoms with Crippen molar-refractivity contribution in [3.05, 3.63) is 53.6 Å². The number of benzene rings is 2. The van der Waals surface area contributed by atoms with Crippen molar-refractivity contribution >= 4 is 47.4 Å². The molecule has 2 aromatic rings. The largest absolute Gasteiger partial charge is 0.326 e. The minimum atomic E-state index is 0. The zero-order chi connectivity index (χ0) is 16.1. The molecule has 0 unspecified atom stereocenters. The maximum atomic E-state index is 12.2. The Labute approximate surface area is 158 Å². The molecule has 1 heterocycles. The van der Waals surface area contributed by atoms with Crippen LogP contribution in [0.4, 0.5) is 5.69 Å². The van der Waals surface area contributed by atoms with Gasteiger partial charge in [0.1, 0.15) is 0 Å². The number of anilines is 1. The lowest BCUT2D eigenvalue weighted by Crippen LogP contribution is -2.34. The van der Waals surface area contributed by atoms with Crippen LogP contribution in [0.15, 0.2) is 58.3 Å². The van der Waals surface area contributed by atoms with Gasteiger partial charge in [0.15, 0.2) is 0 Å². The summed E-state index contributed by atoms with van der Waals surface area (Å²) in [7, 11) is 0. The van der Waals surface area contributed by atoms with Gasteiger partial charge in [-0.05, 0) is 74.5 Å². The van der Waals surface area contributed by atoms with Crippen molar-refractivity contribution in [1.29, 1.82) is 0 Å². The van der Waals surface area contributed by atoms with Gasteiger partial charge in [-0.25, -0.2) is 0 Å². The molecule has 1 amide bonds. The second-order valence-corrected chi connectivity index (χ2v) is 7.18. The molecule has 24 heavy (non-hydrogen) atoms. The van der Waals surface area contributed by atoms with Gasteiger partial charge in [-0.2, -0.15) is 0 Å². The third-order valence-electron chi connectivity index (χ3n) is 3.88. The molecule has 0 bridgehead atoms. The smallest absolute Gasteiger partial charge is 0.227 e. The Hall–Kier alpha value is -1.20. The van der Waals surface area contributed by atoms with Crippen molar-refractivity contribution in [2.75, 3.05) is 18.4 Å². The van der Waals surface area contributed by atoms with Crippen molar-refractivity contribution in [1.82, 2.24) is 5.32 Å². The van der Waals surface area contributed by atoms with Crippen molar-refractivity contribution in [3.63, 3.8) is 0 Å². The van der Waals surface area contributed by atoms with Crippen molar-refractivity contribution in [2.24, 2.45) is 5.92 Å². The first-order valence-electron chi connectivity index (χ1n) is 7.76. The Balaban J connectivity index is 0.00000208. The maximum Gasteiger partial charge on any atom is 0.227 e. The normalized spacial score (nSPS) is 14.7. The lowest BCUT2D eigenvalue weighted by atomic mass is 9.97. The standard InChI is InChI=1S/C18H19ClN2OS.ClH/c19-14-1-5-16(6-2-14)23-17-7-3-15(4-8-17)21-18(22)13-9-11-20-12-10-13;/h1-8,13,20H,9-12H2,(H,21,22);1H. The van der Waals surface area contributed by atoms with E-state index in [1.54, 1.807) is 11.8 Å². The molecule has 6 heteroatoms. The van der Waals surface area contributed by atoms with E-state index < -0.39 is 0 Å². The number of piperidine rings is 1. The molecule has 0 saturated carbocycles. The first kappa shape index (κ1) is 19.1. The van der Waals surface area contributed by atoms with E-state index in [-0.39, 0.29) is 24.2 Å². The van der Waals surface area contributed by atoms with Crippen LogP contribution in [0.1, 0.15) is 12.8 Å². The van der Waals surface area contributed by atoms with Crippen LogP contribution in [-0.2, 0) is 4.79 Å². The lowest BCUT2D eigenvalue weighted by molar-refractivity contribution is -0.120. The van der Waals surface area contributed by atoms with Crippen LogP contribution in [0.5, 0.6) is 0 Å². The van der Waals surface area contributed by atoms with E-state index in [0.29, 0.717) is 0 Å². The first-order chi connectivity index (χ1) is 11.2. The number of hydrogen-bond acceptors (Lipinski definition) is 3. The van der Waals surface area contributed by atoms with Gasteiger partial charge in [-0.15, -0.1) is 12.4 Å². The molecular formula is C18H20Cl2N2OS. The molecule has 1 aliphatic rings. The summed E-state index contributed by atoms with van der Waals surface area (Å²) in [6, 6.07) is 15.7. The summed E-state index contributed by atoms with van der Waals surface area (Å²) in [5.41, 5.74) is 0.856. The van der Waals surface area contributed by atoms with Crippen LogP contribution >= 0.6 is 35.8 Å². The highest BCUT2D eigenvalue weighted by Crippen LogP contribution is 2.29. The van der Waals surface area contributed by atoms with Crippen LogP contribution < -0.4 is 10.6 Å². The Morgan fingerprint density at radius 3 is 2.12 bits per heavy atom. The van der Waals surface area contributed by atoms with E-state index in [1.807, 2.05) is 48.5 Å². The van der Waals surface area contributed by atoms with Crippen LogP contribution in [0.2, 0.25) is 5.02 Å². The number of amides is 1. The summed E-state index contributed by atoms with van der Waals surface area (Å²) in [6.45, 7) is 1.85. The third-order valence-corrected chi connectivity index (χ3v) is 5.15. The van der Waals surface area contributed by atoms with Gasteiger partial charge in [-0.1, -0.05) is 23.4 Å². The number of halogens is 2. The predicted molar refractivity (Wildman–Crippen MR) is 103 cm³/mol.